The molecule has 0 bridgehead atoms. The lowest BCUT2D eigenvalue weighted by molar-refractivity contribution is 0.159. The molecule has 4 aliphatic rings. The monoisotopic (exact) mass is 372 g/mol. The molecule has 3 fully saturated rings. The SMILES string of the molecule is C1=C(OCC2CO2)C=C(OCC2CO2)CC1c1ccc(OCC2CO2)cc1. The van der Waals surface area contributed by atoms with E-state index in [2.05, 4.69) is 18.2 Å². The Morgan fingerprint density at radius 1 is 0.778 bits per heavy atom. The Bertz CT molecular complexity index is 713. The van der Waals surface area contributed by atoms with Crippen LogP contribution in [-0.4, -0.2) is 58.0 Å². The van der Waals surface area contributed by atoms with Gasteiger partial charge in [-0.15, -0.1) is 0 Å². The second-order valence-electron chi connectivity index (χ2n) is 7.36. The van der Waals surface area contributed by atoms with Crippen LogP contribution in [0.5, 0.6) is 5.75 Å². The van der Waals surface area contributed by atoms with E-state index >= 15 is 0 Å². The fraction of sp³-hybridized carbons (Fsp3) is 0.524. The average molecular weight is 372 g/mol. The van der Waals surface area contributed by atoms with Gasteiger partial charge in [0.15, 0.2) is 0 Å². The van der Waals surface area contributed by atoms with Crippen molar-refractivity contribution in [3.8, 4) is 5.75 Å². The Kier molecular flexibility index (Phi) is 4.78. The van der Waals surface area contributed by atoms with Crippen molar-refractivity contribution in [3.05, 3.63) is 53.5 Å². The Labute approximate surface area is 158 Å². The molecule has 144 valence electrons. The number of hydrogen-bond acceptors (Lipinski definition) is 6. The second kappa shape index (κ2) is 7.54. The van der Waals surface area contributed by atoms with Gasteiger partial charge in [-0.05, 0) is 23.8 Å². The third-order valence-corrected chi connectivity index (χ3v) is 4.93. The summed E-state index contributed by atoms with van der Waals surface area (Å²) in [6, 6.07) is 8.25. The molecule has 0 N–H and O–H groups in total. The minimum absolute atomic E-state index is 0.209. The van der Waals surface area contributed by atoms with Crippen LogP contribution in [0.4, 0.5) is 0 Å². The zero-order valence-corrected chi connectivity index (χ0v) is 15.2. The van der Waals surface area contributed by atoms with Crippen LogP contribution in [0.25, 0.3) is 0 Å². The molecule has 6 heteroatoms. The summed E-state index contributed by atoms with van der Waals surface area (Å²) in [6.07, 6.45) is 5.71. The van der Waals surface area contributed by atoms with Crippen molar-refractivity contribution in [3.63, 3.8) is 0 Å². The molecule has 1 aromatic rings. The van der Waals surface area contributed by atoms with Gasteiger partial charge < -0.3 is 28.4 Å². The molecule has 3 heterocycles. The first kappa shape index (κ1) is 17.1. The number of benzene rings is 1. The van der Waals surface area contributed by atoms with Crippen LogP contribution in [0, 0.1) is 0 Å². The first-order chi connectivity index (χ1) is 13.3. The molecule has 0 saturated carbocycles. The van der Waals surface area contributed by atoms with Gasteiger partial charge in [-0.1, -0.05) is 12.1 Å². The summed E-state index contributed by atoms with van der Waals surface area (Å²) < 4.78 is 33.3. The molecule has 0 radical (unpaired) electrons. The summed E-state index contributed by atoms with van der Waals surface area (Å²) in [6.45, 7) is 4.20. The summed E-state index contributed by atoms with van der Waals surface area (Å²) >= 11 is 0. The zero-order chi connectivity index (χ0) is 18.1. The molecule has 0 amide bonds. The van der Waals surface area contributed by atoms with Gasteiger partial charge >= 0.3 is 0 Å². The molecule has 3 aliphatic heterocycles. The summed E-state index contributed by atoms with van der Waals surface area (Å²) in [5, 5.41) is 0. The van der Waals surface area contributed by atoms with E-state index in [1.54, 1.807) is 0 Å². The molecule has 6 nitrogen and oxygen atoms in total. The van der Waals surface area contributed by atoms with Crippen LogP contribution in [0.15, 0.2) is 47.9 Å². The Morgan fingerprint density at radius 2 is 1.37 bits per heavy atom. The van der Waals surface area contributed by atoms with Crippen molar-refractivity contribution in [1.82, 2.24) is 0 Å². The number of rotatable bonds is 10. The van der Waals surface area contributed by atoms with Crippen molar-refractivity contribution in [2.75, 3.05) is 39.6 Å². The third-order valence-electron chi connectivity index (χ3n) is 4.93. The summed E-state index contributed by atoms with van der Waals surface area (Å²) in [5.74, 6) is 2.87. The van der Waals surface area contributed by atoms with Gasteiger partial charge in [0, 0.05) is 18.4 Å². The van der Waals surface area contributed by atoms with Gasteiger partial charge in [0.1, 0.15) is 55.4 Å². The Balaban J connectivity index is 1.24. The van der Waals surface area contributed by atoms with E-state index in [1.165, 1.54) is 5.56 Å². The highest BCUT2D eigenvalue weighted by Crippen LogP contribution is 2.34. The number of epoxide rings is 3. The molecule has 3 saturated heterocycles. The predicted octanol–water partition coefficient (Wildman–Crippen LogP) is 2.55. The highest BCUT2D eigenvalue weighted by atomic mass is 16.6. The number of allylic oxidation sites excluding steroid dienone is 3. The summed E-state index contributed by atoms with van der Waals surface area (Å²) in [7, 11) is 0. The van der Waals surface area contributed by atoms with Crippen molar-refractivity contribution in [2.45, 2.75) is 30.7 Å². The lowest BCUT2D eigenvalue weighted by Gasteiger charge is -2.22. The first-order valence-corrected chi connectivity index (χ1v) is 9.57. The van der Waals surface area contributed by atoms with Crippen LogP contribution in [0.2, 0.25) is 0 Å². The van der Waals surface area contributed by atoms with Crippen molar-refractivity contribution in [2.24, 2.45) is 0 Å². The molecule has 1 aromatic carbocycles. The van der Waals surface area contributed by atoms with Gasteiger partial charge in [0.25, 0.3) is 0 Å². The quantitative estimate of drug-likeness (QED) is 0.588. The van der Waals surface area contributed by atoms with E-state index in [4.69, 9.17) is 28.4 Å². The molecule has 1 aliphatic carbocycles. The molecule has 0 spiro atoms. The van der Waals surface area contributed by atoms with Crippen LogP contribution in [-0.2, 0) is 23.7 Å². The van der Waals surface area contributed by atoms with Crippen LogP contribution >= 0.6 is 0 Å². The van der Waals surface area contributed by atoms with Gasteiger partial charge in [0.2, 0.25) is 0 Å². The Hall–Kier alpha value is -2.02. The molecule has 27 heavy (non-hydrogen) atoms. The average Bonchev–Trinajstić information content (AvgIpc) is 3.57. The predicted molar refractivity (Wildman–Crippen MR) is 96.6 cm³/mol. The maximum Gasteiger partial charge on any atom is 0.119 e. The van der Waals surface area contributed by atoms with Crippen molar-refractivity contribution in [1.29, 1.82) is 0 Å². The lowest BCUT2D eigenvalue weighted by atomic mass is 9.91. The minimum atomic E-state index is 0.209. The highest BCUT2D eigenvalue weighted by Gasteiger charge is 2.27. The number of ether oxygens (including phenoxy) is 6. The third kappa shape index (κ3) is 5.03. The van der Waals surface area contributed by atoms with Gasteiger partial charge in [-0.25, -0.2) is 0 Å². The van der Waals surface area contributed by atoms with Gasteiger partial charge in [-0.2, -0.15) is 0 Å². The standard InChI is InChI=1S/C21H24O6/c1-3-16(22-8-19-11-25-19)4-2-14(1)15-5-17(23-9-20-12-26-20)7-18(6-15)24-10-21-13-27-21/h1-5,7,15,19-21H,6,8-13H2. The second-order valence-corrected chi connectivity index (χ2v) is 7.36. The van der Waals surface area contributed by atoms with E-state index in [0.717, 1.165) is 43.5 Å². The van der Waals surface area contributed by atoms with Crippen LogP contribution in [0.3, 0.4) is 0 Å². The summed E-state index contributed by atoms with van der Waals surface area (Å²) in [4.78, 5) is 0. The lowest BCUT2D eigenvalue weighted by Crippen LogP contribution is -2.11. The Morgan fingerprint density at radius 3 is 2.00 bits per heavy atom. The van der Waals surface area contributed by atoms with E-state index in [0.29, 0.717) is 19.8 Å². The molecule has 0 aromatic heterocycles. The number of hydrogen-bond donors (Lipinski definition) is 0. The van der Waals surface area contributed by atoms with Gasteiger partial charge in [0.05, 0.1) is 19.8 Å². The van der Waals surface area contributed by atoms with Crippen molar-refractivity contribution < 1.29 is 28.4 Å². The molecule has 4 atom stereocenters. The van der Waals surface area contributed by atoms with E-state index in [-0.39, 0.29) is 24.2 Å². The molecule has 5 rings (SSSR count). The van der Waals surface area contributed by atoms with Crippen LogP contribution < -0.4 is 4.74 Å². The van der Waals surface area contributed by atoms with Gasteiger partial charge in [-0.3, -0.25) is 0 Å². The smallest absolute Gasteiger partial charge is 0.119 e. The minimum Gasteiger partial charge on any atom is -0.495 e. The largest absolute Gasteiger partial charge is 0.495 e. The maximum atomic E-state index is 5.95. The fourth-order valence-electron chi connectivity index (χ4n) is 3.03. The topological polar surface area (TPSA) is 65.3 Å². The first-order valence-electron chi connectivity index (χ1n) is 9.57. The van der Waals surface area contributed by atoms with Crippen LogP contribution in [0.1, 0.15) is 17.9 Å². The maximum absolute atomic E-state index is 5.95. The molecular formula is C21H24O6. The van der Waals surface area contributed by atoms with E-state index in [1.807, 2.05) is 18.2 Å². The highest BCUT2D eigenvalue weighted by molar-refractivity contribution is 5.36. The zero-order valence-electron chi connectivity index (χ0n) is 15.2. The summed E-state index contributed by atoms with van der Waals surface area (Å²) in [5.41, 5.74) is 1.21. The molecule has 4 unspecified atom stereocenters. The molecular weight excluding hydrogens is 348 g/mol. The van der Waals surface area contributed by atoms with E-state index in [9.17, 15) is 0 Å². The van der Waals surface area contributed by atoms with Crippen molar-refractivity contribution >= 4 is 0 Å². The van der Waals surface area contributed by atoms with E-state index < -0.39 is 0 Å². The fourth-order valence-corrected chi connectivity index (χ4v) is 3.03. The normalized spacial score (nSPS) is 30.8.